The highest BCUT2D eigenvalue weighted by molar-refractivity contribution is 7.16. The van der Waals surface area contributed by atoms with E-state index in [9.17, 15) is 14.4 Å². The Kier molecular flexibility index (Phi) is 6.66. The molecule has 8 nitrogen and oxygen atoms in total. The summed E-state index contributed by atoms with van der Waals surface area (Å²) in [5, 5.41) is 7.66. The molecule has 0 aromatic carbocycles. The zero-order chi connectivity index (χ0) is 22.8. The zero-order valence-electron chi connectivity index (χ0n) is 17.5. The van der Waals surface area contributed by atoms with Crippen molar-refractivity contribution in [2.75, 3.05) is 5.32 Å². The highest BCUT2D eigenvalue weighted by Gasteiger charge is 2.27. The molecule has 0 bridgehead atoms. The number of thiophene rings is 1. The predicted octanol–water partition coefficient (Wildman–Crippen LogP) is 3.60. The fourth-order valence-electron chi connectivity index (χ4n) is 2.87. The number of nitrogens with one attached hydrogen (secondary N) is 1. The third-order valence-electron chi connectivity index (χ3n) is 4.51. The third kappa shape index (κ3) is 5.42. The van der Waals surface area contributed by atoms with Crippen molar-refractivity contribution < 1.29 is 9.59 Å². The zero-order valence-corrected chi connectivity index (χ0v) is 19.1. The van der Waals surface area contributed by atoms with E-state index in [0.717, 1.165) is 4.88 Å². The van der Waals surface area contributed by atoms with E-state index in [2.05, 4.69) is 10.4 Å². The number of aryl methyl sites for hydroxylation is 1. The number of amides is 1. The molecule has 0 atom stereocenters. The van der Waals surface area contributed by atoms with E-state index in [0.29, 0.717) is 28.0 Å². The number of aromatic nitrogens is 3. The number of halogens is 1. The molecule has 0 fully saturated rings. The Morgan fingerprint density at radius 2 is 2.00 bits per heavy atom. The normalized spacial score (nSPS) is 11.5. The van der Waals surface area contributed by atoms with E-state index >= 15 is 0 Å². The molecule has 3 rings (SSSR count). The Morgan fingerprint density at radius 1 is 1.26 bits per heavy atom. The van der Waals surface area contributed by atoms with Gasteiger partial charge < -0.3 is 15.6 Å². The molecular weight excluding hydrogens is 438 g/mol. The molecule has 0 aliphatic rings. The minimum Gasteiger partial charge on any atom is -0.370 e. The average molecular weight is 462 g/mol. The topological polar surface area (TPSA) is 112 Å². The maximum Gasteiger partial charge on any atom is 0.260 e. The van der Waals surface area contributed by atoms with Gasteiger partial charge in [0.1, 0.15) is 11.5 Å². The van der Waals surface area contributed by atoms with Crippen LogP contribution in [0.5, 0.6) is 0 Å². The molecule has 0 saturated carbocycles. The molecule has 0 unspecified atom stereocenters. The molecule has 1 amide bonds. The van der Waals surface area contributed by atoms with Crippen LogP contribution < -0.4 is 16.6 Å². The molecule has 164 valence electrons. The molecule has 3 heterocycles. The predicted molar refractivity (Wildman–Crippen MR) is 122 cm³/mol. The lowest BCUT2D eigenvalue weighted by atomic mass is 9.96. The number of nitrogens with zero attached hydrogens (tertiary/aromatic N) is 3. The van der Waals surface area contributed by atoms with Crippen molar-refractivity contribution in [1.82, 2.24) is 14.3 Å². The second-order valence-corrected chi connectivity index (χ2v) is 9.88. The van der Waals surface area contributed by atoms with Gasteiger partial charge in [-0.25, -0.2) is 0 Å². The number of hydrogen-bond donors (Lipinski definition) is 2. The van der Waals surface area contributed by atoms with Crippen molar-refractivity contribution in [2.45, 2.75) is 40.3 Å². The van der Waals surface area contributed by atoms with Crippen LogP contribution in [0, 0.1) is 5.41 Å². The summed E-state index contributed by atoms with van der Waals surface area (Å²) >= 11 is 7.44. The Hall–Kier alpha value is -2.91. The van der Waals surface area contributed by atoms with E-state index in [1.165, 1.54) is 20.6 Å². The van der Waals surface area contributed by atoms with Crippen molar-refractivity contribution in [2.24, 2.45) is 11.1 Å². The van der Waals surface area contributed by atoms with Crippen molar-refractivity contribution >= 4 is 40.6 Å². The lowest BCUT2D eigenvalue weighted by Crippen LogP contribution is -2.29. The van der Waals surface area contributed by atoms with Crippen LogP contribution in [0.15, 0.2) is 41.3 Å². The van der Waals surface area contributed by atoms with Crippen LogP contribution in [0.25, 0.3) is 11.3 Å². The Bertz CT molecular complexity index is 1170. The van der Waals surface area contributed by atoms with Gasteiger partial charge in [0.15, 0.2) is 0 Å². The lowest BCUT2D eigenvalue weighted by Gasteiger charge is -2.18. The Morgan fingerprint density at radius 3 is 2.61 bits per heavy atom. The molecular formula is C21H24ClN5O3S. The standard InChI is InChI=1S/C21H24ClN5O3S/c1-21(2,3)20(30)27-18(24-12-13-6-7-16(22)31-13)11-15(25-27)14-5-4-9-26(19(14)29)10-8-17(23)28/h4-7,9,11,24H,8,10,12H2,1-3H3,(H2,23,28). The van der Waals surface area contributed by atoms with Crippen molar-refractivity contribution in [1.29, 1.82) is 0 Å². The molecule has 0 saturated heterocycles. The monoisotopic (exact) mass is 461 g/mol. The number of nitrogens with two attached hydrogens (primary N) is 1. The van der Waals surface area contributed by atoms with Gasteiger partial charge in [-0.15, -0.1) is 11.3 Å². The van der Waals surface area contributed by atoms with Crippen molar-refractivity contribution in [3.8, 4) is 11.3 Å². The molecule has 31 heavy (non-hydrogen) atoms. The molecule has 0 aliphatic carbocycles. The molecule has 3 aromatic heterocycles. The summed E-state index contributed by atoms with van der Waals surface area (Å²) in [7, 11) is 0. The maximum absolute atomic E-state index is 13.0. The summed E-state index contributed by atoms with van der Waals surface area (Å²) in [6.45, 7) is 6.04. The number of rotatable bonds is 7. The van der Waals surface area contributed by atoms with Gasteiger partial charge in [0.25, 0.3) is 11.5 Å². The lowest BCUT2D eigenvalue weighted by molar-refractivity contribution is -0.118. The first-order valence-corrected chi connectivity index (χ1v) is 10.9. The van der Waals surface area contributed by atoms with Gasteiger partial charge in [-0.3, -0.25) is 14.4 Å². The van der Waals surface area contributed by atoms with Gasteiger partial charge in [0, 0.05) is 35.5 Å². The number of carbonyl (C=O) groups is 2. The first-order valence-electron chi connectivity index (χ1n) is 9.67. The van der Waals surface area contributed by atoms with Crippen LogP contribution in [-0.2, 0) is 17.9 Å². The van der Waals surface area contributed by atoms with Gasteiger partial charge in [-0.2, -0.15) is 9.78 Å². The number of primary amides is 1. The largest absolute Gasteiger partial charge is 0.370 e. The van der Waals surface area contributed by atoms with Crippen LogP contribution >= 0.6 is 22.9 Å². The van der Waals surface area contributed by atoms with Crippen LogP contribution in [0.4, 0.5) is 5.82 Å². The minimum absolute atomic E-state index is 0.0521. The first-order chi connectivity index (χ1) is 14.6. The second-order valence-electron chi connectivity index (χ2n) is 8.08. The number of hydrogen-bond acceptors (Lipinski definition) is 6. The third-order valence-corrected chi connectivity index (χ3v) is 5.74. The van der Waals surface area contributed by atoms with Gasteiger partial charge in [0.05, 0.1) is 16.4 Å². The molecule has 0 aliphatic heterocycles. The molecule has 0 spiro atoms. The van der Waals surface area contributed by atoms with Crippen LogP contribution in [0.3, 0.4) is 0 Å². The van der Waals surface area contributed by atoms with E-state index in [4.69, 9.17) is 17.3 Å². The van der Waals surface area contributed by atoms with Gasteiger partial charge in [-0.05, 0) is 24.3 Å². The summed E-state index contributed by atoms with van der Waals surface area (Å²) in [5.41, 5.74) is 4.90. The minimum atomic E-state index is -0.676. The van der Waals surface area contributed by atoms with Crippen LogP contribution in [0.2, 0.25) is 4.34 Å². The van der Waals surface area contributed by atoms with Gasteiger partial charge in [-0.1, -0.05) is 32.4 Å². The fourth-order valence-corrected chi connectivity index (χ4v) is 3.90. The number of pyridine rings is 1. The summed E-state index contributed by atoms with van der Waals surface area (Å²) < 4.78 is 3.38. The molecule has 0 radical (unpaired) electrons. The molecule has 3 aromatic rings. The van der Waals surface area contributed by atoms with Crippen molar-refractivity contribution in [3.05, 3.63) is 56.1 Å². The Balaban J connectivity index is 1.98. The van der Waals surface area contributed by atoms with E-state index in [1.54, 1.807) is 45.2 Å². The van der Waals surface area contributed by atoms with Crippen molar-refractivity contribution in [3.63, 3.8) is 0 Å². The summed E-state index contributed by atoms with van der Waals surface area (Å²) in [4.78, 5) is 38.0. The summed E-state index contributed by atoms with van der Waals surface area (Å²) in [6, 6.07) is 8.73. The number of carbonyl (C=O) groups excluding carboxylic acids is 2. The first kappa shape index (κ1) is 22.8. The van der Waals surface area contributed by atoms with E-state index in [1.807, 2.05) is 12.1 Å². The summed E-state index contributed by atoms with van der Waals surface area (Å²) in [5.74, 6) is -0.223. The second kappa shape index (κ2) is 9.07. The van der Waals surface area contributed by atoms with E-state index in [-0.39, 0.29) is 24.4 Å². The highest BCUT2D eigenvalue weighted by Crippen LogP contribution is 2.26. The number of anilines is 1. The smallest absolute Gasteiger partial charge is 0.260 e. The quantitative estimate of drug-likeness (QED) is 0.558. The average Bonchev–Trinajstić information content (AvgIpc) is 3.30. The maximum atomic E-state index is 13.0. The Labute approximate surface area is 188 Å². The van der Waals surface area contributed by atoms with Crippen LogP contribution in [0.1, 0.15) is 36.9 Å². The molecule has 3 N–H and O–H groups in total. The van der Waals surface area contributed by atoms with E-state index < -0.39 is 11.3 Å². The SMILES string of the molecule is CC(C)(C)C(=O)n1nc(-c2cccn(CCC(N)=O)c2=O)cc1NCc1ccc(Cl)s1. The van der Waals surface area contributed by atoms with Gasteiger partial charge in [0.2, 0.25) is 5.91 Å². The summed E-state index contributed by atoms with van der Waals surface area (Å²) in [6.07, 6.45) is 1.64. The highest BCUT2D eigenvalue weighted by atomic mass is 35.5. The van der Waals surface area contributed by atoms with Gasteiger partial charge >= 0.3 is 0 Å². The fraction of sp³-hybridized carbons (Fsp3) is 0.333. The molecule has 10 heteroatoms. The van der Waals surface area contributed by atoms with Crippen LogP contribution in [-0.4, -0.2) is 26.2 Å².